The van der Waals surface area contributed by atoms with Crippen LogP contribution in [0.5, 0.6) is 0 Å². The zero-order valence-corrected chi connectivity index (χ0v) is 9.90. The van der Waals surface area contributed by atoms with Crippen LogP contribution in [0.2, 0.25) is 0 Å². The Hall–Kier alpha value is -1.51. The van der Waals surface area contributed by atoms with Crippen molar-refractivity contribution in [1.82, 2.24) is 9.55 Å². The fourth-order valence-corrected chi connectivity index (χ4v) is 2.50. The fraction of sp³-hybridized carbons (Fsp3) is 0.462. The lowest BCUT2D eigenvalue weighted by atomic mass is 10.2. The van der Waals surface area contributed by atoms with Gasteiger partial charge in [0.1, 0.15) is 0 Å². The molecule has 0 spiro atoms. The van der Waals surface area contributed by atoms with Gasteiger partial charge in [-0.25, -0.2) is 4.98 Å². The summed E-state index contributed by atoms with van der Waals surface area (Å²) in [7, 11) is 2.11. The third-order valence-electron chi connectivity index (χ3n) is 3.40. The number of imidazole rings is 1. The number of aryl methyl sites for hydroxylation is 2. The zero-order valence-electron chi connectivity index (χ0n) is 9.90. The number of nitrogens with zero attached hydrogens (tertiary/aromatic N) is 3. The number of hydrogen-bond donors (Lipinski definition) is 0. The minimum absolute atomic E-state index is 1.12. The molecule has 0 amide bonds. The van der Waals surface area contributed by atoms with Crippen LogP contribution in [0.15, 0.2) is 18.2 Å². The first-order valence-corrected chi connectivity index (χ1v) is 5.94. The summed E-state index contributed by atoms with van der Waals surface area (Å²) < 4.78 is 2.21. The lowest BCUT2D eigenvalue weighted by Gasteiger charge is -2.15. The van der Waals surface area contributed by atoms with Crippen LogP contribution in [-0.4, -0.2) is 22.6 Å². The monoisotopic (exact) mass is 215 g/mol. The van der Waals surface area contributed by atoms with Gasteiger partial charge >= 0.3 is 0 Å². The first-order valence-electron chi connectivity index (χ1n) is 5.94. The lowest BCUT2D eigenvalue weighted by molar-refractivity contribution is 0.837. The average molecular weight is 215 g/mol. The second-order valence-electron chi connectivity index (χ2n) is 4.66. The van der Waals surface area contributed by atoms with Crippen LogP contribution in [0.4, 0.5) is 5.95 Å². The number of hydrogen-bond acceptors (Lipinski definition) is 2. The quantitative estimate of drug-likeness (QED) is 0.728. The Balaban J connectivity index is 2.14. The van der Waals surface area contributed by atoms with E-state index in [1.807, 2.05) is 0 Å². The predicted octanol–water partition coefficient (Wildman–Crippen LogP) is 2.48. The average Bonchev–Trinajstić information content (AvgIpc) is 2.86. The van der Waals surface area contributed by atoms with Gasteiger partial charge in [-0.1, -0.05) is 6.07 Å². The van der Waals surface area contributed by atoms with E-state index in [0.717, 1.165) is 24.6 Å². The van der Waals surface area contributed by atoms with E-state index in [1.165, 1.54) is 23.9 Å². The molecule has 0 unspecified atom stereocenters. The lowest BCUT2D eigenvalue weighted by Crippen LogP contribution is -2.21. The van der Waals surface area contributed by atoms with Crippen molar-refractivity contribution in [2.24, 2.45) is 7.05 Å². The van der Waals surface area contributed by atoms with Crippen molar-refractivity contribution in [3.63, 3.8) is 0 Å². The maximum Gasteiger partial charge on any atom is 0.206 e. The van der Waals surface area contributed by atoms with E-state index in [1.54, 1.807) is 0 Å². The molecule has 0 bridgehead atoms. The number of anilines is 1. The van der Waals surface area contributed by atoms with Crippen molar-refractivity contribution in [3.05, 3.63) is 23.8 Å². The molecule has 16 heavy (non-hydrogen) atoms. The van der Waals surface area contributed by atoms with Gasteiger partial charge in [0.15, 0.2) is 0 Å². The SMILES string of the molecule is Cc1ccc2c(c1)nc(N1CCCC1)n2C. The smallest absolute Gasteiger partial charge is 0.206 e. The maximum absolute atomic E-state index is 4.74. The molecule has 1 aliphatic rings. The van der Waals surface area contributed by atoms with Crippen molar-refractivity contribution in [3.8, 4) is 0 Å². The number of rotatable bonds is 1. The normalized spacial score (nSPS) is 16.2. The Morgan fingerprint density at radius 3 is 2.69 bits per heavy atom. The van der Waals surface area contributed by atoms with Crippen LogP contribution in [0.25, 0.3) is 11.0 Å². The summed E-state index contributed by atoms with van der Waals surface area (Å²) >= 11 is 0. The van der Waals surface area contributed by atoms with Crippen LogP contribution < -0.4 is 4.90 Å². The maximum atomic E-state index is 4.74. The highest BCUT2D eigenvalue weighted by Gasteiger charge is 2.18. The molecule has 1 aromatic carbocycles. The van der Waals surface area contributed by atoms with Crippen molar-refractivity contribution in [1.29, 1.82) is 0 Å². The largest absolute Gasteiger partial charge is 0.342 e. The molecule has 0 N–H and O–H groups in total. The van der Waals surface area contributed by atoms with Crippen LogP contribution in [0.1, 0.15) is 18.4 Å². The highest BCUT2D eigenvalue weighted by atomic mass is 15.3. The second kappa shape index (κ2) is 3.51. The first kappa shape index (κ1) is 9.70. The second-order valence-corrected chi connectivity index (χ2v) is 4.66. The van der Waals surface area contributed by atoms with E-state index in [2.05, 4.69) is 41.6 Å². The summed E-state index contributed by atoms with van der Waals surface area (Å²) in [5.41, 5.74) is 3.62. The van der Waals surface area contributed by atoms with E-state index >= 15 is 0 Å². The minimum Gasteiger partial charge on any atom is -0.342 e. The summed E-state index contributed by atoms with van der Waals surface area (Å²) in [6, 6.07) is 6.48. The van der Waals surface area contributed by atoms with E-state index in [9.17, 15) is 0 Å². The molecular weight excluding hydrogens is 198 g/mol. The molecule has 3 nitrogen and oxygen atoms in total. The number of benzene rings is 1. The molecule has 0 saturated carbocycles. The third-order valence-corrected chi connectivity index (χ3v) is 3.40. The molecule has 2 heterocycles. The summed E-state index contributed by atoms with van der Waals surface area (Å²) in [6.45, 7) is 4.41. The Bertz CT molecular complexity index is 521. The van der Waals surface area contributed by atoms with Crippen LogP contribution in [0, 0.1) is 6.92 Å². The Morgan fingerprint density at radius 2 is 1.94 bits per heavy atom. The summed E-state index contributed by atoms with van der Waals surface area (Å²) in [5, 5.41) is 0. The standard InChI is InChI=1S/C13H17N3/c1-10-5-6-12-11(9-10)14-13(15(12)2)16-7-3-4-8-16/h5-6,9H,3-4,7-8H2,1-2H3. The van der Waals surface area contributed by atoms with Crippen molar-refractivity contribution in [2.75, 3.05) is 18.0 Å². The highest BCUT2D eigenvalue weighted by molar-refractivity contribution is 5.79. The summed E-state index contributed by atoms with van der Waals surface area (Å²) in [4.78, 5) is 7.13. The molecular formula is C13H17N3. The Kier molecular flexibility index (Phi) is 2.13. The summed E-state index contributed by atoms with van der Waals surface area (Å²) in [5.74, 6) is 1.12. The van der Waals surface area contributed by atoms with Gasteiger partial charge < -0.3 is 9.47 Å². The van der Waals surface area contributed by atoms with Crippen molar-refractivity contribution in [2.45, 2.75) is 19.8 Å². The van der Waals surface area contributed by atoms with E-state index in [-0.39, 0.29) is 0 Å². The van der Waals surface area contributed by atoms with Crippen molar-refractivity contribution < 1.29 is 0 Å². The van der Waals surface area contributed by atoms with Crippen LogP contribution in [-0.2, 0) is 7.05 Å². The molecule has 1 aliphatic heterocycles. The van der Waals surface area contributed by atoms with Crippen molar-refractivity contribution >= 4 is 17.0 Å². The summed E-state index contributed by atoms with van der Waals surface area (Å²) in [6.07, 6.45) is 2.59. The molecule has 2 aromatic rings. The Morgan fingerprint density at radius 1 is 1.19 bits per heavy atom. The molecule has 0 atom stereocenters. The first-order chi connectivity index (χ1) is 7.75. The van der Waals surface area contributed by atoms with E-state index in [4.69, 9.17) is 4.98 Å². The highest BCUT2D eigenvalue weighted by Crippen LogP contribution is 2.24. The van der Waals surface area contributed by atoms with E-state index in [0.29, 0.717) is 0 Å². The minimum atomic E-state index is 1.12. The topological polar surface area (TPSA) is 21.1 Å². The van der Waals surface area contributed by atoms with Gasteiger partial charge in [-0.15, -0.1) is 0 Å². The Labute approximate surface area is 95.7 Å². The van der Waals surface area contributed by atoms with Crippen LogP contribution in [0.3, 0.4) is 0 Å². The third kappa shape index (κ3) is 1.39. The van der Waals surface area contributed by atoms with Crippen LogP contribution >= 0.6 is 0 Å². The predicted molar refractivity (Wildman–Crippen MR) is 66.9 cm³/mol. The molecule has 84 valence electrons. The van der Waals surface area contributed by atoms with E-state index < -0.39 is 0 Å². The van der Waals surface area contributed by atoms with Gasteiger partial charge in [-0.05, 0) is 37.5 Å². The van der Waals surface area contributed by atoms with Gasteiger partial charge in [0, 0.05) is 20.1 Å². The van der Waals surface area contributed by atoms with Gasteiger partial charge in [0.2, 0.25) is 5.95 Å². The fourth-order valence-electron chi connectivity index (χ4n) is 2.50. The molecule has 1 fully saturated rings. The van der Waals surface area contributed by atoms with Gasteiger partial charge in [-0.2, -0.15) is 0 Å². The molecule has 1 aromatic heterocycles. The zero-order chi connectivity index (χ0) is 11.1. The molecule has 3 heteroatoms. The molecule has 1 saturated heterocycles. The number of aromatic nitrogens is 2. The molecule has 0 aliphatic carbocycles. The molecule has 0 radical (unpaired) electrons. The van der Waals surface area contributed by atoms with Gasteiger partial charge in [0.05, 0.1) is 11.0 Å². The number of fused-ring (bicyclic) bond motifs is 1. The molecule has 3 rings (SSSR count). The van der Waals surface area contributed by atoms with Gasteiger partial charge in [-0.3, -0.25) is 0 Å². The van der Waals surface area contributed by atoms with Gasteiger partial charge in [0.25, 0.3) is 0 Å².